The molecule has 0 radical (unpaired) electrons. The first-order chi connectivity index (χ1) is 13.8. The van der Waals surface area contributed by atoms with Crippen LogP contribution < -0.4 is 10.1 Å². The lowest BCUT2D eigenvalue weighted by Crippen LogP contribution is -2.40. The number of nitrogens with one attached hydrogen (secondary N) is 1. The molecule has 3 aromatic rings. The molecule has 0 amide bonds. The highest BCUT2D eigenvalue weighted by Gasteiger charge is 2.33. The molecule has 1 aliphatic heterocycles. The lowest BCUT2D eigenvalue weighted by atomic mass is 10.1. The molecule has 29 heavy (non-hydrogen) atoms. The fourth-order valence-corrected chi connectivity index (χ4v) is 3.83. The lowest BCUT2D eigenvalue weighted by Gasteiger charge is -2.30. The average Bonchev–Trinajstić information content (AvgIpc) is 3.12. The second kappa shape index (κ2) is 7.79. The Labute approximate surface area is 173 Å². The topological polar surface area (TPSA) is 67.6 Å². The molecule has 1 fully saturated rings. The van der Waals surface area contributed by atoms with Crippen LogP contribution in [0.4, 0.5) is 19.1 Å². The van der Waals surface area contributed by atoms with Gasteiger partial charge in [0.15, 0.2) is 0 Å². The molecule has 1 N–H and O–H groups in total. The quantitative estimate of drug-likeness (QED) is 0.622. The summed E-state index contributed by atoms with van der Waals surface area (Å²) >= 11 is 3.18. The van der Waals surface area contributed by atoms with Gasteiger partial charge in [0.25, 0.3) is 0 Å². The number of halogens is 4. The zero-order valence-electron chi connectivity index (χ0n) is 15.4. The number of alkyl halides is 3. The van der Waals surface area contributed by atoms with Crippen LogP contribution in [0.5, 0.6) is 5.75 Å². The number of likely N-dealkylation sites (tertiary alicyclic amines) is 1. The van der Waals surface area contributed by atoms with Gasteiger partial charge in [-0.1, -0.05) is 15.9 Å². The van der Waals surface area contributed by atoms with Crippen molar-refractivity contribution in [2.45, 2.75) is 25.2 Å². The number of nitrogens with zero attached hydrogens (tertiary/aromatic N) is 5. The summed E-state index contributed by atoms with van der Waals surface area (Å²) in [5.74, 6) is 0.135. The van der Waals surface area contributed by atoms with E-state index >= 15 is 0 Å². The van der Waals surface area contributed by atoms with E-state index in [0.717, 1.165) is 25.9 Å². The first-order valence-electron chi connectivity index (χ1n) is 8.99. The summed E-state index contributed by atoms with van der Waals surface area (Å²) in [5, 5.41) is 11.8. The Kier molecular flexibility index (Phi) is 5.34. The van der Waals surface area contributed by atoms with Crippen molar-refractivity contribution in [2.24, 2.45) is 0 Å². The predicted octanol–water partition coefficient (Wildman–Crippen LogP) is 3.96. The molecule has 1 unspecified atom stereocenters. The molecule has 1 saturated heterocycles. The SMILES string of the molecule is CN1CCCC(Nc2nnc(-c3ccc(Br)cc3OC(F)(F)F)c3cncn23)C1. The van der Waals surface area contributed by atoms with Crippen LogP contribution in [0, 0.1) is 0 Å². The van der Waals surface area contributed by atoms with Crippen LogP contribution in [0.3, 0.4) is 0 Å². The van der Waals surface area contributed by atoms with Gasteiger partial charge in [0, 0.05) is 22.6 Å². The van der Waals surface area contributed by atoms with Gasteiger partial charge in [0.05, 0.1) is 11.7 Å². The fourth-order valence-electron chi connectivity index (χ4n) is 3.49. The summed E-state index contributed by atoms with van der Waals surface area (Å²) in [6.45, 7) is 1.92. The van der Waals surface area contributed by atoms with Crippen LogP contribution in [-0.2, 0) is 0 Å². The number of aromatic nitrogens is 4. The number of fused-ring (bicyclic) bond motifs is 1. The summed E-state index contributed by atoms with van der Waals surface area (Å²) in [4.78, 5) is 6.37. The van der Waals surface area contributed by atoms with E-state index in [1.807, 2.05) is 0 Å². The summed E-state index contributed by atoms with van der Waals surface area (Å²) in [6.07, 6.45) is 0.352. The van der Waals surface area contributed by atoms with E-state index in [1.54, 1.807) is 23.0 Å². The number of rotatable bonds is 4. The molecule has 2 aromatic heterocycles. The predicted molar refractivity (Wildman–Crippen MR) is 105 cm³/mol. The van der Waals surface area contributed by atoms with Crippen molar-refractivity contribution in [1.29, 1.82) is 0 Å². The highest BCUT2D eigenvalue weighted by Crippen LogP contribution is 2.37. The highest BCUT2D eigenvalue weighted by molar-refractivity contribution is 9.10. The monoisotopic (exact) mass is 470 g/mol. The molecular formula is C18H18BrF3N6O. The van der Waals surface area contributed by atoms with Gasteiger partial charge in [-0.2, -0.15) is 0 Å². The first kappa shape index (κ1) is 19.9. The van der Waals surface area contributed by atoms with Crippen LogP contribution in [0.2, 0.25) is 0 Å². The van der Waals surface area contributed by atoms with Crippen molar-refractivity contribution < 1.29 is 17.9 Å². The van der Waals surface area contributed by atoms with Gasteiger partial charge in [-0.15, -0.1) is 23.4 Å². The van der Waals surface area contributed by atoms with E-state index in [-0.39, 0.29) is 23.0 Å². The Bertz CT molecular complexity index is 1020. The normalized spacial score (nSPS) is 18.2. The molecule has 11 heteroatoms. The first-order valence-corrected chi connectivity index (χ1v) is 9.79. The lowest BCUT2D eigenvalue weighted by molar-refractivity contribution is -0.274. The third-order valence-electron chi connectivity index (χ3n) is 4.74. The number of benzene rings is 1. The molecular weight excluding hydrogens is 453 g/mol. The van der Waals surface area contributed by atoms with Crippen LogP contribution in [0.15, 0.2) is 35.2 Å². The summed E-state index contributed by atoms with van der Waals surface area (Å²) in [6, 6.07) is 4.58. The third-order valence-corrected chi connectivity index (χ3v) is 5.23. The van der Waals surface area contributed by atoms with Crippen molar-refractivity contribution in [1.82, 2.24) is 24.5 Å². The van der Waals surface area contributed by atoms with Crippen molar-refractivity contribution >= 4 is 27.4 Å². The Morgan fingerprint density at radius 1 is 1.28 bits per heavy atom. The van der Waals surface area contributed by atoms with Crippen LogP contribution in [-0.4, -0.2) is 57.0 Å². The highest BCUT2D eigenvalue weighted by atomic mass is 79.9. The second-order valence-corrected chi connectivity index (χ2v) is 7.87. The number of hydrogen-bond donors (Lipinski definition) is 1. The minimum Gasteiger partial charge on any atom is -0.405 e. The van der Waals surface area contributed by atoms with Gasteiger partial charge in [0.2, 0.25) is 5.95 Å². The zero-order chi connectivity index (χ0) is 20.6. The van der Waals surface area contributed by atoms with E-state index in [4.69, 9.17) is 0 Å². The molecule has 0 saturated carbocycles. The molecule has 0 aliphatic carbocycles. The zero-order valence-corrected chi connectivity index (χ0v) is 17.0. The smallest absolute Gasteiger partial charge is 0.405 e. The summed E-state index contributed by atoms with van der Waals surface area (Å²) in [5.41, 5.74) is 0.953. The van der Waals surface area contributed by atoms with E-state index in [9.17, 15) is 13.2 Å². The third kappa shape index (κ3) is 4.45. The number of ether oxygens (including phenoxy) is 1. The standard InChI is InChI=1S/C18H18BrF3N6O/c1-27-6-2-3-12(9-27)24-17-26-25-16(14-8-23-10-28(14)17)13-5-4-11(19)7-15(13)29-18(20,21)22/h4-5,7-8,10,12H,2-3,6,9H2,1H3,(H,24,26). The maximum absolute atomic E-state index is 12.9. The van der Waals surface area contributed by atoms with Gasteiger partial charge in [-0.3, -0.25) is 4.40 Å². The van der Waals surface area contributed by atoms with Gasteiger partial charge < -0.3 is 15.0 Å². The average molecular weight is 471 g/mol. The van der Waals surface area contributed by atoms with E-state index in [1.165, 1.54) is 12.1 Å². The fraction of sp³-hybridized carbons (Fsp3) is 0.389. The molecule has 1 aromatic carbocycles. The maximum Gasteiger partial charge on any atom is 0.573 e. The summed E-state index contributed by atoms with van der Waals surface area (Å²) in [7, 11) is 2.06. The van der Waals surface area contributed by atoms with Gasteiger partial charge in [-0.05, 0) is 44.6 Å². The second-order valence-electron chi connectivity index (χ2n) is 6.96. The Morgan fingerprint density at radius 2 is 2.10 bits per heavy atom. The Hall–Kier alpha value is -2.40. The van der Waals surface area contributed by atoms with E-state index in [0.29, 0.717) is 15.9 Å². The number of imidazole rings is 1. The molecule has 1 atom stereocenters. The van der Waals surface area contributed by atoms with Crippen LogP contribution >= 0.6 is 15.9 Å². The molecule has 1 aliphatic rings. The molecule has 0 bridgehead atoms. The molecule has 154 valence electrons. The Morgan fingerprint density at radius 3 is 2.86 bits per heavy atom. The van der Waals surface area contributed by atoms with Crippen molar-refractivity contribution in [2.75, 3.05) is 25.5 Å². The minimum atomic E-state index is -4.83. The van der Waals surface area contributed by atoms with Crippen molar-refractivity contribution in [3.05, 3.63) is 35.2 Å². The largest absolute Gasteiger partial charge is 0.573 e. The van der Waals surface area contributed by atoms with E-state index in [2.05, 4.69) is 53.1 Å². The molecule has 3 heterocycles. The van der Waals surface area contributed by atoms with Gasteiger partial charge in [0.1, 0.15) is 17.8 Å². The number of anilines is 1. The molecule has 7 nitrogen and oxygen atoms in total. The molecule has 4 rings (SSSR count). The number of hydrogen-bond acceptors (Lipinski definition) is 6. The van der Waals surface area contributed by atoms with Crippen molar-refractivity contribution in [3.8, 4) is 17.0 Å². The Balaban J connectivity index is 1.73. The number of likely N-dealkylation sites (N-methyl/N-ethyl adjacent to an activating group) is 1. The van der Waals surface area contributed by atoms with Crippen LogP contribution in [0.1, 0.15) is 12.8 Å². The van der Waals surface area contributed by atoms with Gasteiger partial charge in [-0.25, -0.2) is 4.98 Å². The van der Waals surface area contributed by atoms with Crippen LogP contribution in [0.25, 0.3) is 16.8 Å². The number of piperidine rings is 1. The minimum absolute atomic E-state index is 0.174. The van der Waals surface area contributed by atoms with Crippen molar-refractivity contribution in [3.63, 3.8) is 0 Å². The molecule has 0 spiro atoms. The maximum atomic E-state index is 12.9. The summed E-state index contributed by atoms with van der Waals surface area (Å²) < 4.78 is 45.0. The van der Waals surface area contributed by atoms with E-state index < -0.39 is 6.36 Å². The van der Waals surface area contributed by atoms with Gasteiger partial charge >= 0.3 is 6.36 Å².